The molecule has 0 radical (unpaired) electrons. The van der Waals surface area contributed by atoms with Crippen LogP contribution in [0, 0.1) is 0 Å². The van der Waals surface area contributed by atoms with E-state index in [0.29, 0.717) is 5.92 Å². The first kappa shape index (κ1) is 9.69. The fourth-order valence-corrected chi connectivity index (χ4v) is 2.44. The first-order valence-corrected chi connectivity index (χ1v) is 5.35. The summed E-state index contributed by atoms with van der Waals surface area (Å²) in [4.78, 5) is 0. The second-order valence-corrected chi connectivity index (χ2v) is 4.20. The number of rotatable bonds is 1. The summed E-state index contributed by atoms with van der Waals surface area (Å²) in [6.07, 6.45) is 3.38. The molecule has 1 fully saturated rings. The molecule has 1 aromatic carbocycles. The van der Waals surface area contributed by atoms with Crippen LogP contribution >= 0.6 is 0 Å². The molecule has 76 valence electrons. The van der Waals surface area contributed by atoms with E-state index in [1.807, 2.05) is 6.07 Å². The summed E-state index contributed by atoms with van der Waals surface area (Å²) in [6, 6.07) is 10.9. The van der Waals surface area contributed by atoms with E-state index in [1.165, 1.54) is 12.0 Å². The van der Waals surface area contributed by atoms with Crippen molar-refractivity contribution in [3.63, 3.8) is 0 Å². The molecule has 2 atom stereocenters. The van der Waals surface area contributed by atoms with Gasteiger partial charge in [-0.2, -0.15) is 0 Å². The van der Waals surface area contributed by atoms with E-state index < -0.39 is 0 Å². The van der Waals surface area contributed by atoms with Crippen molar-refractivity contribution in [2.24, 2.45) is 11.5 Å². The van der Waals surface area contributed by atoms with Gasteiger partial charge in [0.25, 0.3) is 0 Å². The summed E-state index contributed by atoms with van der Waals surface area (Å²) in [6.45, 7) is 0. The Labute approximate surface area is 85.3 Å². The van der Waals surface area contributed by atoms with Crippen molar-refractivity contribution in [2.45, 2.75) is 37.3 Å². The highest BCUT2D eigenvalue weighted by Crippen LogP contribution is 2.30. The highest BCUT2D eigenvalue weighted by molar-refractivity contribution is 5.23. The molecule has 0 spiro atoms. The molecule has 1 aliphatic carbocycles. The topological polar surface area (TPSA) is 52.0 Å². The molecule has 2 rings (SSSR count). The number of hydrogen-bond acceptors (Lipinski definition) is 2. The number of benzene rings is 1. The Balaban J connectivity index is 2.23. The van der Waals surface area contributed by atoms with E-state index in [-0.39, 0.29) is 12.1 Å². The van der Waals surface area contributed by atoms with Gasteiger partial charge in [-0.1, -0.05) is 36.8 Å². The molecule has 2 nitrogen and oxygen atoms in total. The molecule has 1 aliphatic rings. The maximum absolute atomic E-state index is 6.12. The molecule has 2 heteroatoms. The molecule has 0 heterocycles. The largest absolute Gasteiger partial charge is 0.327 e. The summed E-state index contributed by atoms with van der Waals surface area (Å²) in [7, 11) is 0. The summed E-state index contributed by atoms with van der Waals surface area (Å²) in [5, 5.41) is 0. The lowest BCUT2D eigenvalue weighted by molar-refractivity contribution is 0.339. The molecule has 4 N–H and O–H groups in total. The Bertz CT molecular complexity index is 274. The first-order valence-electron chi connectivity index (χ1n) is 5.35. The summed E-state index contributed by atoms with van der Waals surface area (Å²) in [5.74, 6) is 0.352. The maximum Gasteiger partial charge on any atom is 0.0142 e. The molecular weight excluding hydrogens is 172 g/mol. The number of nitrogens with two attached hydrogens (primary N) is 2. The van der Waals surface area contributed by atoms with Crippen LogP contribution in [0.2, 0.25) is 0 Å². The molecule has 1 saturated carbocycles. The lowest BCUT2D eigenvalue weighted by Crippen LogP contribution is -2.44. The van der Waals surface area contributed by atoms with Gasteiger partial charge >= 0.3 is 0 Å². The second kappa shape index (κ2) is 4.11. The highest BCUT2D eigenvalue weighted by atomic mass is 14.8. The van der Waals surface area contributed by atoms with Crippen LogP contribution in [0.1, 0.15) is 30.7 Å². The smallest absolute Gasteiger partial charge is 0.0142 e. The van der Waals surface area contributed by atoms with Gasteiger partial charge in [0.05, 0.1) is 0 Å². The van der Waals surface area contributed by atoms with Crippen molar-refractivity contribution < 1.29 is 0 Å². The fourth-order valence-electron chi connectivity index (χ4n) is 2.44. The monoisotopic (exact) mass is 190 g/mol. The van der Waals surface area contributed by atoms with Crippen LogP contribution in [0.25, 0.3) is 0 Å². The van der Waals surface area contributed by atoms with Crippen LogP contribution in [0.5, 0.6) is 0 Å². The Kier molecular flexibility index (Phi) is 2.85. The minimum Gasteiger partial charge on any atom is -0.327 e. The molecule has 14 heavy (non-hydrogen) atoms. The molecule has 0 aromatic heterocycles. The lowest BCUT2D eigenvalue weighted by atomic mass is 9.77. The van der Waals surface area contributed by atoms with Crippen molar-refractivity contribution in [3.05, 3.63) is 35.9 Å². The van der Waals surface area contributed by atoms with E-state index in [9.17, 15) is 0 Å². The summed E-state index contributed by atoms with van der Waals surface area (Å²) in [5.41, 5.74) is 13.5. The van der Waals surface area contributed by atoms with Gasteiger partial charge in [-0.15, -0.1) is 0 Å². The average molecular weight is 190 g/mol. The van der Waals surface area contributed by atoms with Crippen LogP contribution in [-0.4, -0.2) is 12.1 Å². The van der Waals surface area contributed by atoms with Crippen LogP contribution < -0.4 is 11.5 Å². The van der Waals surface area contributed by atoms with Crippen LogP contribution in [0.4, 0.5) is 0 Å². The average Bonchev–Trinajstić information content (AvgIpc) is 2.19. The van der Waals surface area contributed by atoms with E-state index in [2.05, 4.69) is 24.3 Å². The van der Waals surface area contributed by atoms with Gasteiger partial charge in [0.1, 0.15) is 0 Å². The molecule has 0 bridgehead atoms. The van der Waals surface area contributed by atoms with E-state index in [4.69, 9.17) is 11.5 Å². The van der Waals surface area contributed by atoms with Crippen molar-refractivity contribution in [3.8, 4) is 0 Å². The SMILES string of the molecule is NC1CCCC(N)C1c1ccccc1. The zero-order valence-corrected chi connectivity index (χ0v) is 8.39. The van der Waals surface area contributed by atoms with Gasteiger partial charge < -0.3 is 11.5 Å². The van der Waals surface area contributed by atoms with Crippen molar-refractivity contribution in [1.29, 1.82) is 0 Å². The lowest BCUT2D eigenvalue weighted by Gasteiger charge is -2.34. The zero-order valence-electron chi connectivity index (χ0n) is 8.39. The molecule has 1 aromatic rings. The molecular formula is C12H18N2. The van der Waals surface area contributed by atoms with Crippen LogP contribution in [0.3, 0.4) is 0 Å². The molecule has 2 unspecified atom stereocenters. The summed E-state index contributed by atoms with van der Waals surface area (Å²) < 4.78 is 0. The Morgan fingerprint density at radius 3 is 2.07 bits per heavy atom. The minimum absolute atomic E-state index is 0.237. The van der Waals surface area contributed by atoms with Crippen molar-refractivity contribution in [1.82, 2.24) is 0 Å². The predicted molar refractivity (Wildman–Crippen MR) is 59.0 cm³/mol. The highest BCUT2D eigenvalue weighted by Gasteiger charge is 2.29. The Morgan fingerprint density at radius 2 is 1.50 bits per heavy atom. The van der Waals surface area contributed by atoms with Crippen molar-refractivity contribution >= 4 is 0 Å². The maximum atomic E-state index is 6.12. The zero-order chi connectivity index (χ0) is 9.97. The van der Waals surface area contributed by atoms with Crippen LogP contribution in [-0.2, 0) is 0 Å². The Morgan fingerprint density at radius 1 is 0.929 bits per heavy atom. The van der Waals surface area contributed by atoms with Gasteiger partial charge in [-0.25, -0.2) is 0 Å². The third-order valence-electron chi connectivity index (χ3n) is 3.18. The van der Waals surface area contributed by atoms with Gasteiger partial charge in [0.2, 0.25) is 0 Å². The predicted octanol–water partition coefficient (Wildman–Crippen LogP) is 1.61. The first-order chi connectivity index (χ1) is 6.79. The van der Waals surface area contributed by atoms with E-state index >= 15 is 0 Å². The Hall–Kier alpha value is -0.860. The third-order valence-corrected chi connectivity index (χ3v) is 3.18. The van der Waals surface area contributed by atoms with Gasteiger partial charge in [-0.3, -0.25) is 0 Å². The van der Waals surface area contributed by atoms with Gasteiger partial charge in [0.15, 0.2) is 0 Å². The van der Waals surface area contributed by atoms with Gasteiger partial charge in [-0.05, 0) is 18.4 Å². The van der Waals surface area contributed by atoms with Gasteiger partial charge in [0, 0.05) is 18.0 Å². The van der Waals surface area contributed by atoms with E-state index in [1.54, 1.807) is 0 Å². The third kappa shape index (κ3) is 1.81. The number of hydrogen-bond donors (Lipinski definition) is 2. The van der Waals surface area contributed by atoms with E-state index in [0.717, 1.165) is 12.8 Å². The molecule has 0 amide bonds. The summed E-state index contributed by atoms with van der Waals surface area (Å²) >= 11 is 0. The van der Waals surface area contributed by atoms with Crippen LogP contribution in [0.15, 0.2) is 30.3 Å². The fraction of sp³-hybridized carbons (Fsp3) is 0.500. The normalized spacial score (nSPS) is 32.9. The minimum atomic E-state index is 0.237. The molecule has 0 aliphatic heterocycles. The van der Waals surface area contributed by atoms with Crippen molar-refractivity contribution in [2.75, 3.05) is 0 Å². The second-order valence-electron chi connectivity index (χ2n) is 4.20. The molecule has 0 saturated heterocycles. The standard InChI is InChI=1S/C12H18N2/c13-10-7-4-8-11(14)12(10)9-5-2-1-3-6-9/h1-3,5-6,10-12H,4,7-8,13-14H2. The quantitative estimate of drug-likeness (QED) is 0.707.